The van der Waals surface area contributed by atoms with Crippen molar-refractivity contribution in [3.63, 3.8) is 0 Å². The monoisotopic (exact) mass is 252 g/mol. The van der Waals surface area contributed by atoms with E-state index in [0.29, 0.717) is 6.42 Å². The van der Waals surface area contributed by atoms with Gasteiger partial charge in [0.15, 0.2) is 5.78 Å². The molecule has 4 rings (SSSR count). The minimum Gasteiger partial charge on any atom is -0.486 e. The molecule has 1 aliphatic heterocycles. The number of fused-ring (bicyclic) bond motifs is 3. The first-order chi connectivity index (χ1) is 9.27. The fraction of sp³-hybridized carbons (Fsp3) is 0.353. The normalized spacial score (nSPS) is 20.5. The number of benzene rings is 2. The Hall–Kier alpha value is -1.83. The molecule has 2 aliphatic rings. The number of ketones is 1. The van der Waals surface area contributed by atoms with E-state index in [1.54, 1.807) is 0 Å². The van der Waals surface area contributed by atoms with E-state index in [1.165, 1.54) is 12.8 Å². The Morgan fingerprint density at radius 3 is 2.63 bits per heavy atom. The number of rotatable bonds is 0. The smallest absolute Gasteiger partial charge is 0.171 e. The van der Waals surface area contributed by atoms with Gasteiger partial charge >= 0.3 is 0 Å². The molecule has 96 valence electrons. The summed E-state index contributed by atoms with van der Waals surface area (Å²) in [5.41, 5.74) is 0.586. The van der Waals surface area contributed by atoms with Crippen LogP contribution < -0.4 is 4.74 Å². The molecule has 2 nitrogen and oxygen atoms in total. The molecule has 0 saturated heterocycles. The number of hydrogen-bond acceptors (Lipinski definition) is 2. The Morgan fingerprint density at radius 1 is 1.00 bits per heavy atom. The van der Waals surface area contributed by atoms with Crippen molar-refractivity contribution in [1.29, 1.82) is 0 Å². The molecular weight excluding hydrogens is 236 g/mol. The first-order valence-corrected chi connectivity index (χ1v) is 7.01. The highest BCUT2D eigenvalue weighted by molar-refractivity contribution is 6.11. The summed E-state index contributed by atoms with van der Waals surface area (Å²) in [6.07, 6.45) is 4.94. The van der Waals surface area contributed by atoms with Crippen molar-refractivity contribution in [3.05, 3.63) is 42.0 Å². The predicted molar refractivity (Wildman–Crippen MR) is 74.7 cm³/mol. The Bertz CT molecular complexity index is 666. The Kier molecular flexibility index (Phi) is 2.22. The third-order valence-corrected chi connectivity index (χ3v) is 4.49. The Morgan fingerprint density at radius 2 is 1.79 bits per heavy atom. The molecule has 0 unspecified atom stereocenters. The van der Waals surface area contributed by atoms with Gasteiger partial charge in [0.1, 0.15) is 11.4 Å². The van der Waals surface area contributed by atoms with E-state index >= 15 is 0 Å². The zero-order valence-corrected chi connectivity index (χ0v) is 10.8. The Labute approximate surface area is 112 Å². The van der Waals surface area contributed by atoms with E-state index in [4.69, 9.17) is 4.74 Å². The summed E-state index contributed by atoms with van der Waals surface area (Å²) in [6.45, 7) is 0. The third-order valence-electron chi connectivity index (χ3n) is 4.49. The molecule has 19 heavy (non-hydrogen) atoms. The third kappa shape index (κ3) is 1.59. The molecular formula is C17H16O2. The fourth-order valence-corrected chi connectivity index (χ4v) is 3.57. The van der Waals surface area contributed by atoms with Crippen molar-refractivity contribution in [2.75, 3.05) is 0 Å². The van der Waals surface area contributed by atoms with Crippen molar-refractivity contribution in [2.24, 2.45) is 0 Å². The van der Waals surface area contributed by atoms with E-state index in [9.17, 15) is 4.79 Å². The van der Waals surface area contributed by atoms with Crippen LogP contribution in [-0.2, 0) is 0 Å². The molecule has 2 aromatic rings. The second kappa shape index (κ2) is 3.83. The average molecular weight is 252 g/mol. The lowest BCUT2D eigenvalue weighted by molar-refractivity contribution is 0.0454. The number of Topliss-reactive ketones (excluding diaryl/α,β-unsaturated/α-hetero) is 1. The van der Waals surface area contributed by atoms with Crippen molar-refractivity contribution in [1.82, 2.24) is 0 Å². The molecule has 1 fully saturated rings. The standard InChI is InChI=1S/C17H16O2/c18-14-11-17(9-3-4-10-17)19-15-8-7-12-5-1-2-6-13(12)16(14)15/h1-2,5-8H,3-4,9-11H2. The van der Waals surface area contributed by atoms with Crippen LogP contribution in [0.5, 0.6) is 5.75 Å². The van der Waals surface area contributed by atoms with Gasteiger partial charge in [-0.05, 0) is 42.5 Å². The van der Waals surface area contributed by atoms with E-state index in [1.807, 2.05) is 30.3 Å². The second-order valence-electron chi connectivity index (χ2n) is 5.75. The van der Waals surface area contributed by atoms with Gasteiger partial charge in [0, 0.05) is 0 Å². The molecule has 2 aromatic carbocycles. The lowest BCUT2D eigenvalue weighted by Gasteiger charge is -2.35. The van der Waals surface area contributed by atoms with Crippen molar-refractivity contribution in [3.8, 4) is 5.75 Å². The van der Waals surface area contributed by atoms with Crippen LogP contribution in [0.25, 0.3) is 10.8 Å². The summed E-state index contributed by atoms with van der Waals surface area (Å²) in [5.74, 6) is 1.04. The molecule has 0 bridgehead atoms. The second-order valence-corrected chi connectivity index (χ2v) is 5.75. The SMILES string of the molecule is O=C1CC2(CCCC2)Oc2ccc3ccccc3c21. The van der Waals surface area contributed by atoms with Gasteiger partial charge in [-0.25, -0.2) is 0 Å². The van der Waals surface area contributed by atoms with Crippen molar-refractivity contribution >= 4 is 16.6 Å². The first-order valence-electron chi connectivity index (χ1n) is 7.01. The van der Waals surface area contributed by atoms with E-state index in [2.05, 4.69) is 6.07 Å². The van der Waals surface area contributed by atoms with Crippen LogP contribution in [0, 0.1) is 0 Å². The average Bonchev–Trinajstić information content (AvgIpc) is 2.85. The van der Waals surface area contributed by atoms with Gasteiger partial charge in [-0.2, -0.15) is 0 Å². The summed E-state index contributed by atoms with van der Waals surface area (Å²) in [7, 11) is 0. The minimum absolute atomic E-state index is 0.202. The van der Waals surface area contributed by atoms with Crippen molar-refractivity contribution < 1.29 is 9.53 Å². The van der Waals surface area contributed by atoms with Crippen LogP contribution >= 0.6 is 0 Å². The van der Waals surface area contributed by atoms with Gasteiger partial charge in [0.25, 0.3) is 0 Å². The zero-order chi connectivity index (χ0) is 12.9. The van der Waals surface area contributed by atoms with Crippen molar-refractivity contribution in [2.45, 2.75) is 37.7 Å². The fourth-order valence-electron chi connectivity index (χ4n) is 3.57. The molecule has 1 aliphatic carbocycles. The van der Waals surface area contributed by atoms with Gasteiger partial charge in [0.05, 0.1) is 12.0 Å². The molecule has 1 heterocycles. The molecule has 0 N–H and O–H groups in total. The maximum absolute atomic E-state index is 12.6. The molecule has 1 spiro atoms. The van der Waals surface area contributed by atoms with Crippen LogP contribution in [0.3, 0.4) is 0 Å². The van der Waals surface area contributed by atoms with Crippen LogP contribution in [0.4, 0.5) is 0 Å². The van der Waals surface area contributed by atoms with Crippen LogP contribution in [0.2, 0.25) is 0 Å². The predicted octanol–water partition coefficient (Wildman–Crippen LogP) is 4.12. The van der Waals surface area contributed by atoms with E-state index < -0.39 is 0 Å². The lowest BCUT2D eigenvalue weighted by Crippen LogP contribution is -2.39. The number of ether oxygens (including phenoxy) is 1. The topological polar surface area (TPSA) is 26.3 Å². The van der Waals surface area contributed by atoms with Gasteiger partial charge in [0.2, 0.25) is 0 Å². The number of hydrogen-bond donors (Lipinski definition) is 0. The van der Waals surface area contributed by atoms with Gasteiger partial charge in [-0.1, -0.05) is 30.3 Å². The summed E-state index contributed by atoms with van der Waals surface area (Å²) in [5, 5.41) is 2.14. The molecule has 0 radical (unpaired) electrons. The highest BCUT2D eigenvalue weighted by atomic mass is 16.5. The van der Waals surface area contributed by atoms with Gasteiger partial charge in [-0.3, -0.25) is 4.79 Å². The Balaban J connectivity index is 1.91. The van der Waals surface area contributed by atoms with Gasteiger partial charge in [-0.15, -0.1) is 0 Å². The highest BCUT2D eigenvalue weighted by Crippen LogP contribution is 2.44. The number of carbonyl (C=O) groups excluding carboxylic acids is 1. The highest BCUT2D eigenvalue weighted by Gasteiger charge is 2.43. The van der Waals surface area contributed by atoms with Crippen LogP contribution in [0.15, 0.2) is 36.4 Å². The molecule has 2 heteroatoms. The summed E-state index contributed by atoms with van der Waals surface area (Å²) < 4.78 is 6.24. The van der Waals surface area contributed by atoms with Gasteiger partial charge < -0.3 is 4.74 Å². The first kappa shape index (κ1) is 11.0. The zero-order valence-electron chi connectivity index (χ0n) is 10.8. The maximum atomic E-state index is 12.6. The number of carbonyl (C=O) groups is 1. The summed E-state index contributed by atoms with van der Waals surface area (Å²) in [4.78, 5) is 12.6. The van der Waals surface area contributed by atoms with Crippen LogP contribution in [0.1, 0.15) is 42.5 Å². The largest absolute Gasteiger partial charge is 0.486 e. The van der Waals surface area contributed by atoms with E-state index in [0.717, 1.165) is 34.9 Å². The molecule has 1 saturated carbocycles. The minimum atomic E-state index is -0.202. The molecule has 0 amide bonds. The maximum Gasteiger partial charge on any atom is 0.171 e. The van der Waals surface area contributed by atoms with E-state index in [-0.39, 0.29) is 11.4 Å². The summed E-state index contributed by atoms with van der Waals surface area (Å²) in [6, 6.07) is 12.1. The lowest BCUT2D eigenvalue weighted by atomic mass is 9.86. The molecule has 0 atom stereocenters. The quantitative estimate of drug-likeness (QED) is 0.705. The molecule has 0 aromatic heterocycles. The summed E-state index contributed by atoms with van der Waals surface area (Å²) >= 11 is 0. The van der Waals surface area contributed by atoms with Crippen LogP contribution in [-0.4, -0.2) is 11.4 Å².